The fraction of sp³-hybridized carbons (Fsp3) is 0.318. The van der Waals surface area contributed by atoms with Crippen molar-refractivity contribution in [3.8, 4) is 5.75 Å². The standard InChI is InChI=1S/C22H27ClN4O5/c1-3-32-20(28)15-25-21(29)24-12-5-13-27(18-8-10-19(31-2)11-9-18)22(30)26-17-7-4-6-16(23)14-17/h4,6-11,14H,3,5,12-13,15H2,1-2H3,(H,26,30)(H2,24,25,29). The minimum absolute atomic E-state index is 0.209. The van der Waals surface area contributed by atoms with Gasteiger partial charge in [-0.2, -0.15) is 0 Å². The number of methoxy groups -OCH3 is 1. The number of carbonyl (C=O) groups is 3. The highest BCUT2D eigenvalue weighted by atomic mass is 35.5. The van der Waals surface area contributed by atoms with Crippen molar-refractivity contribution in [2.45, 2.75) is 13.3 Å². The zero-order valence-corrected chi connectivity index (χ0v) is 18.8. The number of anilines is 2. The third kappa shape index (κ3) is 8.35. The molecular formula is C22H27ClN4O5. The van der Waals surface area contributed by atoms with Gasteiger partial charge in [-0.05, 0) is 55.8 Å². The molecule has 0 aliphatic carbocycles. The maximum absolute atomic E-state index is 12.9. The fourth-order valence-corrected chi connectivity index (χ4v) is 2.92. The molecule has 9 nitrogen and oxygen atoms in total. The number of carbonyl (C=O) groups excluding carboxylic acids is 3. The van der Waals surface area contributed by atoms with E-state index in [9.17, 15) is 14.4 Å². The lowest BCUT2D eigenvalue weighted by atomic mass is 10.2. The van der Waals surface area contributed by atoms with Crippen LogP contribution >= 0.6 is 11.6 Å². The molecule has 0 fully saturated rings. The Morgan fingerprint density at radius 1 is 1.06 bits per heavy atom. The van der Waals surface area contributed by atoms with Crippen LogP contribution in [0.15, 0.2) is 48.5 Å². The molecule has 0 saturated carbocycles. The Kier molecular flexibility index (Phi) is 10.1. The van der Waals surface area contributed by atoms with Gasteiger partial charge in [0.1, 0.15) is 12.3 Å². The Hall–Kier alpha value is -3.46. The minimum Gasteiger partial charge on any atom is -0.497 e. The van der Waals surface area contributed by atoms with E-state index in [4.69, 9.17) is 21.1 Å². The summed E-state index contributed by atoms with van der Waals surface area (Å²) in [6.07, 6.45) is 0.474. The van der Waals surface area contributed by atoms with Crippen LogP contribution in [-0.2, 0) is 9.53 Å². The van der Waals surface area contributed by atoms with Gasteiger partial charge in [-0.15, -0.1) is 0 Å². The van der Waals surface area contributed by atoms with E-state index < -0.39 is 12.0 Å². The molecule has 0 spiro atoms. The highest BCUT2D eigenvalue weighted by molar-refractivity contribution is 6.30. The minimum atomic E-state index is -0.508. The van der Waals surface area contributed by atoms with Gasteiger partial charge >= 0.3 is 18.0 Å². The van der Waals surface area contributed by atoms with E-state index in [2.05, 4.69) is 16.0 Å². The van der Waals surface area contributed by atoms with Crippen LogP contribution in [0.3, 0.4) is 0 Å². The Morgan fingerprint density at radius 3 is 2.47 bits per heavy atom. The van der Waals surface area contributed by atoms with Crippen LogP contribution in [0.25, 0.3) is 0 Å². The average molecular weight is 463 g/mol. The van der Waals surface area contributed by atoms with E-state index in [0.717, 1.165) is 0 Å². The molecule has 0 radical (unpaired) electrons. The molecule has 32 heavy (non-hydrogen) atoms. The molecule has 0 aliphatic rings. The van der Waals surface area contributed by atoms with Crippen LogP contribution in [0, 0.1) is 0 Å². The van der Waals surface area contributed by atoms with E-state index >= 15 is 0 Å². The quantitative estimate of drug-likeness (QED) is 0.369. The maximum atomic E-state index is 12.9. The average Bonchev–Trinajstić information content (AvgIpc) is 2.78. The first-order valence-electron chi connectivity index (χ1n) is 10.1. The third-order valence-electron chi connectivity index (χ3n) is 4.25. The molecule has 0 heterocycles. The van der Waals surface area contributed by atoms with Crippen LogP contribution in [-0.4, -0.2) is 51.4 Å². The molecule has 172 valence electrons. The lowest BCUT2D eigenvalue weighted by Gasteiger charge is -2.23. The number of rotatable bonds is 10. The Balaban J connectivity index is 1.95. The second kappa shape index (κ2) is 13.1. The molecule has 0 atom stereocenters. The van der Waals surface area contributed by atoms with Gasteiger partial charge in [0.25, 0.3) is 0 Å². The van der Waals surface area contributed by atoms with Gasteiger partial charge in [0.05, 0.1) is 13.7 Å². The molecule has 2 aromatic rings. The number of esters is 1. The SMILES string of the molecule is CCOC(=O)CNC(=O)NCCCN(C(=O)Nc1cccc(Cl)c1)c1ccc(OC)cc1. The first kappa shape index (κ1) is 24.8. The maximum Gasteiger partial charge on any atom is 0.326 e. The van der Waals surface area contributed by atoms with Crippen molar-refractivity contribution in [1.82, 2.24) is 10.6 Å². The van der Waals surface area contributed by atoms with Gasteiger partial charge in [-0.3, -0.25) is 9.69 Å². The van der Waals surface area contributed by atoms with Gasteiger partial charge < -0.3 is 25.4 Å². The zero-order valence-electron chi connectivity index (χ0n) is 18.0. The summed E-state index contributed by atoms with van der Waals surface area (Å²) in [5.74, 6) is 0.162. The second-order valence-corrected chi connectivity index (χ2v) is 6.99. The number of ether oxygens (including phenoxy) is 2. The molecule has 0 aromatic heterocycles. The van der Waals surface area contributed by atoms with Crippen molar-refractivity contribution < 1.29 is 23.9 Å². The van der Waals surface area contributed by atoms with Gasteiger partial charge in [-0.1, -0.05) is 17.7 Å². The first-order valence-corrected chi connectivity index (χ1v) is 10.5. The second-order valence-electron chi connectivity index (χ2n) is 6.56. The fourth-order valence-electron chi connectivity index (χ4n) is 2.73. The number of hydrogen-bond acceptors (Lipinski definition) is 5. The third-order valence-corrected chi connectivity index (χ3v) is 4.48. The number of nitrogens with zero attached hydrogens (tertiary/aromatic N) is 1. The van der Waals surface area contributed by atoms with Gasteiger partial charge in [0.2, 0.25) is 0 Å². The van der Waals surface area contributed by atoms with Crippen molar-refractivity contribution in [3.63, 3.8) is 0 Å². The van der Waals surface area contributed by atoms with Crippen molar-refractivity contribution in [3.05, 3.63) is 53.6 Å². The summed E-state index contributed by atoms with van der Waals surface area (Å²) in [5.41, 5.74) is 1.23. The summed E-state index contributed by atoms with van der Waals surface area (Å²) in [5, 5.41) is 8.40. The summed E-state index contributed by atoms with van der Waals surface area (Å²) >= 11 is 6.00. The number of hydrogen-bond donors (Lipinski definition) is 3. The van der Waals surface area contributed by atoms with Crippen molar-refractivity contribution in [2.75, 3.05) is 43.6 Å². The molecule has 10 heteroatoms. The van der Waals surface area contributed by atoms with Gasteiger partial charge in [0, 0.05) is 29.5 Å². The number of urea groups is 2. The molecule has 0 saturated heterocycles. The summed E-state index contributed by atoms with van der Waals surface area (Å²) < 4.78 is 9.92. The zero-order chi connectivity index (χ0) is 23.3. The largest absolute Gasteiger partial charge is 0.497 e. The Bertz CT molecular complexity index is 907. The smallest absolute Gasteiger partial charge is 0.326 e. The molecule has 0 unspecified atom stereocenters. The van der Waals surface area contributed by atoms with Crippen LogP contribution in [0.1, 0.15) is 13.3 Å². The molecule has 3 N–H and O–H groups in total. The number of amides is 4. The highest BCUT2D eigenvalue weighted by Crippen LogP contribution is 2.21. The Morgan fingerprint density at radius 2 is 1.81 bits per heavy atom. The Labute approximate surface area is 192 Å². The van der Waals surface area contributed by atoms with Crippen LogP contribution < -0.4 is 25.6 Å². The first-order chi connectivity index (χ1) is 15.4. The predicted octanol–water partition coefficient (Wildman–Crippen LogP) is 3.64. The topological polar surface area (TPSA) is 109 Å². The summed E-state index contributed by atoms with van der Waals surface area (Å²) in [6.45, 7) is 2.36. The van der Waals surface area contributed by atoms with Crippen LogP contribution in [0.5, 0.6) is 5.75 Å². The van der Waals surface area contributed by atoms with Crippen LogP contribution in [0.4, 0.5) is 21.0 Å². The van der Waals surface area contributed by atoms with E-state index in [-0.39, 0.29) is 19.2 Å². The lowest BCUT2D eigenvalue weighted by molar-refractivity contribution is -0.141. The summed E-state index contributed by atoms with van der Waals surface area (Å²) in [4.78, 5) is 37.6. The molecule has 0 bridgehead atoms. The monoisotopic (exact) mass is 462 g/mol. The molecular weight excluding hydrogens is 436 g/mol. The van der Waals surface area contributed by atoms with Crippen molar-refractivity contribution in [1.29, 1.82) is 0 Å². The van der Waals surface area contributed by atoms with E-state index in [1.165, 1.54) is 0 Å². The predicted molar refractivity (Wildman–Crippen MR) is 123 cm³/mol. The van der Waals surface area contributed by atoms with E-state index in [0.29, 0.717) is 41.7 Å². The van der Waals surface area contributed by atoms with Gasteiger partial charge in [-0.25, -0.2) is 9.59 Å². The summed E-state index contributed by atoms with van der Waals surface area (Å²) in [7, 11) is 1.57. The highest BCUT2D eigenvalue weighted by Gasteiger charge is 2.16. The lowest BCUT2D eigenvalue weighted by Crippen LogP contribution is -2.41. The number of nitrogens with one attached hydrogen (secondary N) is 3. The molecule has 4 amide bonds. The van der Waals surface area contributed by atoms with E-state index in [1.54, 1.807) is 67.5 Å². The van der Waals surface area contributed by atoms with Crippen LogP contribution in [0.2, 0.25) is 5.02 Å². The molecule has 2 rings (SSSR count). The van der Waals surface area contributed by atoms with Crippen molar-refractivity contribution >= 4 is 41.0 Å². The number of halogens is 1. The van der Waals surface area contributed by atoms with Crippen molar-refractivity contribution in [2.24, 2.45) is 0 Å². The molecule has 2 aromatic carbocycles. The normalized spacial score (nSPS) is 10.1. The number of benzene rings is 2. The summed E-state index contributed by atoms with van der Waals surface area (Å²) in [6, 6.07) is 13.1. The van der Waals surface area contributed by atoms with E-state index in [1.807, 2.05) is 0 Å². The molecule has 0 aliphatic heterocycles. The van der Waals surface area contributed by atoms with Gasteiger partial charge in [0.15, 0.2) is 0 Å².